The zero-order valence-corrected chi connectivity index (χ0v) is 12.5. The van der Waals surface area contributed by atoms with Crippen LogP contribution in [0.5, 0.6) is 0 Å². The van der Waals surface area contributed by atoms with Crippen LogP contribution in [0.15, 0.2) is 42.5 Å². The molecule has 0 bridgehead atoms. The van der Waals surface area contributed by atoms with Gasteiger partial charge in [0.05, 0.1) is 0 Å². The molecule has 6 heteroatoms. The van der Waals surface area contributed by atoms with Crippen molar-refractivity contribution < 1.29 is 10.2 Å². The summed E-state index contributed by atoms with van der Waals surface area (Å²) in [5, 5.41) is 25.0. The minimum absolute atomic E-state index is 0.182. The van der Waals surface area contributed by atoms with E-state index in [-0.39, 0.29) is 6.42 Å². The summed E-state index contributed by atoms with van der Waals surface area (Å²) >= 11 is 0. The zero-order valence-electron chi connectivity index (χ0n) is 12.5. The Balaban J connectivity index is 1.98. The van der Waals surface area contributed by atoms with Crippen LogP contribution in [0.2, 0.25) is 0 Å². The number of aliphatic hydroxyl groups is 2. The van der Waals surface area contributed by atoms with Crippen molar-refractivity contribution >= 4 is 22.7 Å². The summed E-state index contributed by atoms with van der Waals surface area (Å²) in [7, 11) is 0. The fourth-order valence-electron chi connectivity index (χ4n) is 1.97. The predicted molar refractivity (Wildman–Crippen MR) is 90.1 cm³/mol. The van der Waals surface area contributed by atoms with E-state index < -0.39 is 5.91 Å². The van der Waals surface area contributed by atoms with E-state index in [4.69, 9.17) is 11.5 Å². The Morgan fingerprint density at radius 3 is 2.27 bits per heavy atom. The fourth-order valence-corrected chi connectivity index (χ4v) is 1.97. The Hall–Kier alpha value is -2.44. The summed E-state index contributed by atoms with van der Waals surface area (Å²) in [6, 6.07) is 12.6. The molecule has 0 saturated carbocycles. The molecule has 0 radical (unpaired) electrons. The molecule has 22 heavy (non-hydrogen) atoms. The van der Waals surface area contributed by atoms with E-state index in [1.165, 1.54) is 0 Å². The van der Waals surface area contributed by atoms with E-state index in [0.29, 0.717) is 23.6 Å². The second-order valence-electron chi connectivity index (χ2n) is 5.18. The van der Waals surface area contributed by atoms with Crippen molar-refractivity contribution in [2.75, 3.05) is 22.1 Å². The Labute approximate surface area is 129 Å². The van der Waals surface area contributed by atoms with Crippen LogP contribution in [-0.4, -0.2) is 16.1 Å². The highest BCUT2D eigenvalue weighted by atomic mass is 16.5. The van der Waals surface area contributed by atoms with Crippen molar-refractivity contribution in [3.05, 3.63) is 48.0 Å². The highest BCUT2D eigenvalue weighted by molar-refractivity contribution is 5.58. The van der Waals surface area contributed by atoms with Crippen molar-refractivity contribution in [3.63, 3.8) is 0 Å². The Morgan fingerprint density at radius 1 is 1.00 bits per heavy atom. The first kappa shape index (κ1) is 15.9. The minimum atomic E-state index is -1.90. The lowest BCUT2D eigenvalue weighted by atomic mass is 10.1. The third-order valence-electron chi connectivity index (χ3n) is 3.37. The molecule has 2 aromatic rings. The van der Waals surface area contributed by atoms with Crippen molar-refractivity contribution in [1.29, 1.82) is 0 Å². The van der Waals surface area contributed by atoms with Crippen molar-refractivity contribution in [2.45, 2.75) is 25.8 Å². The lowest BCUT2D eigenvalue weighted by molar-refractivity contribution is -0.137. The van der Waals surface area contributed by atoms with E-state index in [1.807, 2.05) is 18.2 Å². The van der Waals surface area contributed by atoms with Gasteiger partial charge in [-0.15, -0.1) is 0 Å². The topological polar surface area (TPSA) is 117 Å². The smallest absolute Gasteiger partial charge is 0.243 e. The van der Waals surface area contributed by atoms with Gasteiger partial charge in [0.15, 0.2) is 0 Å². The highest BCUT2D eigenvalue weighted by Gasteiger charge is 2.19. The van der Waals surface area contributed by atoms with Crippen molar-refractivity contribution in [2.24, 2.45) is 0 Å². The Morgan fingerprint density at radius 2 is 1.64 bits per heavy atom. The van der Waals surface area contributed by atoms with Crippen molar-refractivity contribution in [1.82, 2.24) is 0 Å². The number of benzene rings is 2. The van der Waals surface area contributed by atoms with Crippen LogP contribution in [0.1, 0.15) is 18.9 Å². The van der Waals surface area contributed by atoms with E-state index >= 15 is 0 Å². The molecule has 0 amide bonds. The van der Waals surface area contributed by atoms with E-state index in [9.17, 15) is 10.2 Å². The molecule has 0 aliphatic rings. The highest BCUT2D eigenvalue weighted by Crippen LogP contribution is 2.20. The molecule has 0 spiro atoms. The molecule has 8 N–H and O–H groups in total. The standard InChI is InChI=1S/C16H22N4O2/c1-2-16(21,22)20-14-6-4-13(5-7-14)19-10-11-9-12(17)3-8-15(11)18/h3-9,19-22H,2,10,17-18H2,1H3. The second kappa shape index (κ2) is 6.55. The van der Waals surface area contributed by atoms with Crippen LogP contribution in [0, 0.1) is 0 Å². The predicted octanol–water partition coefficient (Wildman–Crippen LogP) is 1.92. The van der Waals surface area contributed by atoms with Gasteiger partial charge in [-0.3, -0.25) is 0 Å². The van der Waals surface area contributed by atoms with Crippen LogP contribution in [0.4, 0.5) is 22.7 Å². The first-order valence-electron chi connectivity index (χ1n) is 7.10. The number of anilines is 4. The molecule has 0 heterocycles. The van der Waals surface area contributed by atoms with Crippen molar-refractivity contribution in [3.8, 4) is 0 Å². The summed E-state index contributed by atoms with van der Waals surface area (Å²) in [5.74, 6) is -1.90. The number of hydrogen-bond acceptors (Lipinski definition) is 6. The molecule has 0 atom stereocenters. The fraction of sp³-hybridized carbons (Fsp3) is 0.250. The first-order chi connectivity index (χ1) is 10.4. The van der Waals surface area contributed by atoms with Gasteiger partial charge in [0.2, 0.25) is 5.91 Å². The quantitative estimate of drug-likeness (QED) is 0.359. The van der Waals surface area contributed by atoms with Gasteiger partial charge in [0, 0.05) is 35.7 Å². The van der Waals surface area contributed by atoms with Gasteiger partial charge < -0.3 is 32.3 Å². The van der Waals surface area contributed by atoms with Crippen LogP contribution >= 0.6 is 0 Å². The summed E-state index contributed by atoms with van der Waals surface area (Å²) in [4.78, 5) is 0. The van der Waals surface area contributed by atoms with Gasteiger partial charge in [-0.05, 0) is 48.0 Å². The third kappa shape index (κ3) is 4.28. The maximum Gasteiger partial charge on any atom is 0.243 e. The number of nitrogens with one attached hydrogen (secondary N) is 2. The van der Waals surface area contributed by atoms with Gasteiger partial charge in [0.1, 0.15) is 0 Å². The van der Waals surface area contributed by atoms with E-state index in [1.54, 1.807) is 31.2 Å². The number of rotatable bonds is 6. The van der Waals surface area contributed by atoms with Crippen LogP contribution in [-0.2, 0) is 6.54 Å². The largest absolute Gasteiger partial charge is 0.399 e. The molecule has 118 valence electrons. The molecule has 2 rings (SSSR count). The summed E-state index contributed by atoms with van der Waals surface area (Å²) in [6.07, 6.45) is 0.182. The summed E-state index contributed by atoms with van der Waals surface area (Å²) in [5.41, 5.74) is 15.5. The number of nitrogens with two attached hydrogens (primary N) is 2. The lowest BCUT2D eigenvalue weighted by Crippen LogP contribution is -2.36. The Kier molecular flexibility index (Phi) is 4.75. The summed E-state index contributed by atoms with van der Waals surface area (Å²) in [6.45, 7) is 2.24. The van der Waals surface area contributed by atoms with Gasteiger partial charge in [-0.1, -0.05) is 6.92 Å². The van der Waals surface area contributed by atoms with Gasteiger partial charge in [-0.2, -0.15) is 0 Å². The average molecular weight is 302 g/mol. The number of hydrogen-bond donors (Lipinski definition) is 6. The molecular formula is C16H22N4O2. The van der Waals surface area contributed by atoms with Crippen LogP contribution in [0.3, 0.4) is 0 Å². The lowest BCUT2D eigenvalue weighted by Gasteiger charge is -2.22. The van der Waals surface area contributed by atoms with Gasteiger partial charge in [-0.25, -0.2) is 0 Å². The van der Waals surface area contributed by atoms with Gasteiger partial charge in [0.25, 0.3) is 0 Å². The second-order valence-corrected chi connectivity index (χ2v) is 5.18. The maximum absolute atomic E-state index is 9.56. The molecule has 0 aliphatic heterocycles. The molecule has 0 aromatic heterocycles. The zero-order chi connectivity index (χ0) is 16.2. The van der Waals surface area contributed by atoms with Gasteiger partial charge >= 0.3 is 0 Å². The molecule has 2 aromatic carbocycles. The van der Waals surface area contributed by atoms with Crippen LogP contribution in [0.25, 0.3) is 0 Å². The Bertz CT molecular complexity index is 627. The van der Waals surface area contributed by atoms with Crippen LogP contribution < -0.4 is 22.1 Å². The third-order valence-corrected chi connectivity index (χ3v) is 3.37. The molecule has 0 saturated heterocycles. The first-order valence-corrected chi connectivity index (χ1v) is 7.10. The number of nitrogen functional groups attached to an aromatic ring is 2. The van der Waals surface area contributed by atoms with E-state index in [2.05, 4.69) is 10.6 Å². The molecular weight excluding hydrogens is 280 g/mol. The molecule has 0 aliphatic carbocycles. The maximum atomic E-state index is 9.56. The summed E-state index contributed by atoms with van der Waals surface area (Å²) < 4.78 is 0. The minimum Gasteiger partial charge on any atom is -0.399 e. The molecule has 0 fully saturated rings. The average Bonchev–Trinajstić information content (AvgIpc) is 2.49. The SMILES string of the molecule is CCC(O)(O)Nc1ccc(NCc2cc(N)ccc2N)cc1. The van der Waals surface area contributed by atoms with E-state index in [0.717, 1.165) is 11.3 Å². The normalized spacial score (nSPS) is 11.2. The monoisotopic (exact) mass is 302 g/mol. The molecule has 6 nitrogen and oxygen atoms in total. The molecule has 0 unspecified atom stereocenters.